The number of carboxylic acids is 1. The van der Waals surface area contributed by atoms with Gasteiger partial charge in [0.15, 0.2) is 0 Å². The van der Waals surface area contributed by atoms with Crippen LogP contribution < -0.4 is 5.32 Å². The van der Waals surface area contributed by atoms with Gasteiger partial charge in [0.1, 0.15) is 5.69 Å². The lowest BCUT2D eigenvalue weighted by Crippen LogP contribution is -2.51. The van der Waals surface area contributed by atoms with Crippen LogP contribution in [-0.4, -0.2) is 52.6 Å². The minimum atomic E-state index is -0.787. The molecule has 0 spiro atoms. The first-order chi connectivity index (χ1) is 10.1. The summed E-state index contributed by atoms with van der Waals surface area (Å²) < 4.78 is 2.09. The molecule has 3 heterocycles. The fourth-order valence-corrected chi connectivity index (χ4v) is 3.25. The van der Waals surface area contributed by atoms with Gasteiger partial charge in [0.2, 0.25) is 0 Å². The van der Waals surface area contributed by atoms with E-state index in [-0.39, 0.29) is 18.2 Å². The third kappa shape index (κ3) is 2.95. The van der Waals surface area contributed by atoms with Gasteiger partial charge >= 0.3 is 5.97 Å². The standard InChI is InChI=1S/C15H21N3O3/c19-14(20)8-11-9-17(10-11)15(21)13-2-1-7-18(13)12-3-5-16-6-4-12/h1-2,7,11-12,16H,3-6,8-10H2,(H,19,20). The number of carbonyl (C=O) groups excluding carboxylic acids is 1. The number of rotatable bonds is 4. The Kier molecular flexibility index (Phi) is 3.96. The molecule has 2 aliphatic heterocycles. The van der Waals surface area contributed by atoms with Crippen molar-refractivity contribution in [2.75, 3.05) is 26.2 Å². The zero-order chi connectivity index (χ0) is 14.8. The van der Waals surface area contributed by atoms with Crippen molar-refractivity contribution in [2.45, 2.75) is 25.3 Å². The number of amides is 1. The molecule has 2 N–H and O–H groups in total. The molecule has 0 aromatic carbocycles. The molecule has 114 valence electrons. The van der Waals surface area contributed by atoms with E-state index in [1.54, 1.807) is 4.90 Å². The fraction of sp³-hybridized carbons (Fsp3) is 0.600. The van der Waals surface area contributed by atoms with Crippen molar-refractivity contribution in [1.29, 1.82) is 0 Å². The van der Waals surface area contributed by atoms with Crippen molar-refractivity contribution in [3.63, 3.8) is 0 Å². The molecule has 0 radical (unpaired) electrons. The van der Waals surface area contributed by atoms with E-state index < -0.39 is 5.97 Å². The average Bonchev–Trinajstić information content (AvgIpc) is 2.92. The van der Waals surface area contributed by atoms with Crippen LogP contribution in [0.15, 0.2) is 18.3 Å². The van der Waals surface area contributed by atoms with Gasteiger partial charge in [-0.1, -0.05) is 0 Å². The summed E-state index contributed by atoms with van der Waals surface area (Å²) in [6.45, 7) is 3.09. The van der Waals surface area contributed by atoms with Crippen LogP contribution in [0.4, 0.5) is 0 Å². The molecule has 1 aromatic rings. The molecular formula is C15H21N3O3. The number of nitrogens with zero attached hydrogens (tertiary/aromatic N) is 2. The number of hydrogen-bond donors (Lipinski definition) is 2. The molecule has 0 saturated carbocycles. The summed E-state index contributed by atoms with van der Waals surface area (Å²) in [5.41, 5.74) is 0.732. The maximum Gasteiger partial charge on any atom is 0.303 e. The second-order valence-corrected chi connectivity index (χ2v) is 5.96. The number of hydrogen-bond acceptors (Lipinski definition) is 3. The highest BCUT2D eigenvalue weighted by Crippen LogP contribution is 2.25. The van der Waals surface area contributed by atoms with Gasteiger partial charge in [-0.25, -0.2) is 0 Å². The minimum absolute atomic E-state index is 0.0279. The Balaban J connectivity index is 1.63. The summed E-state index contributed by atoms with van der Waals surface area (Å²) in [4.78, 5) is 24.9. The second-order valence-electron chi connectivity index (χ2n) is 5.96. The maximum absolute atomic E-state index is 12.5. The van der Waals surface area contributed by atoms with Crippen LogP contribution in [0.25, 0.3) is 0 Å². The molecular weight excluding hydrogens is 270 g/mol. The van der Waals surface area contributed by atoms with E-state index in [9.17, 15) is 9.59 Å². The monoisotopic (exact) mass is 291 g/mol. The van der Waals surface area contributed by atoms with Crippen molar-refractivity contribution in [3.8, 4) is 0 Å². The molecule has 6 heteroatoms. The summed E-state index contributed by atoms with van der Waals surface area (Å²) in [7, 11) is 0. The molecule has 2 aliphatic rings. The smallest absolute Gasteiger partial charge is 0.303 e. The summed E-state index contributed by atoms with van der Waals surface area (Å²) in [6, 6.07) is 4.18. The molecule has 6 nitrogen and oxygen atoms in total. The second kappa shape index (κ2) is 5.89. The van der Waals surface area contributed by atoms with E-state index >= 15 is 0 Å². The van der Waals surface area contributed by atoms with Gasteiger partial charge in [-0.3, -0.25) is 9.59 Å². The number of aliphatic carboxylic acids is 1. The summed E-state index contributed by atoms with van der Waals surface area (Å²) in [6.07, 6.45) is 4.21. The molecule has 1 aromatic heterocycles. The molecule has 0 unspecified atom stereocenters. The number of carboxylic acid groups (broad SMARTS) is 1. The van der Waals surface area contributed by atoms with Gasteiger partial charge < -0.3 is 19.9 Å². The highest BCUT2D eigenvalue weighted by molar-refractivity contribution is 5.93. The first-order valence-corrected chi connectivity index (χ1v) is 7.54. The van der Waals surface area contributed by atoms with Crippen molar-refractivity contribution in [2.24, 2.45) is 5.92 Å². The molecule has 1 amide bonds. The third-order valence-electron chi connectivity index (χ3n) is 4.41. The van der Waals surface area contributed by atoms with Crippen molar-refractivity contribution in [3.05, 3.63) is 24.0 Å². The van der Waals surface area contributed by atoms with Gasteiger partial charge in [-0.15, -0.1) is 0 Å². The van der Waals surface area contributed by atoms with Crippen molar-refractivity contribution < 1.29 is 14.7 Å². The van der Waals surface area contributed by atoms with Gasteiger partial charge in [0.25, 0.3) is 5.91 Å². The van der Waals surface area contributed by atoms with Crippen LogP contribution in [0.3, 0.4) is 0 Å². The van der Waals surface area contributed by atoms with Gasteiger partial charge in [0, 0.05) is 31.2 Å². The Morgan fingerprint density at radius 2 is 2.00 bits per heavy atom. The third-order valence-corrected chi connectivity index (χ3v) is 4.41. The van der Waals surface area contributed by atoms with Crippen LogP contribution >= 0.6 is 0 Å². The predicted molar refractivity (Wildman–Crippen MR) is 77.2 cm³/mol. The SMILES string of the molecule is O=C(O)CC1CN(C(=O)c2cccn2C2CCNCC2)C1. The zero-order valence-corrected chi connectivity index (χ0v) is 12.0. The summed E-state index contributed by atoms with van der Waals surface area (Å²) in [5.74, 6) is -0.654. The molecule has 21 heavy (non-hydrogen) atoms. The topological polar surface area (TPSA) is 74.6 Å². The lowest BCUT2D eigenvalue weighted by atomic mass is 9.96. The number of aromatic nitrogens is 1. The summed E-state index contributed by atoms with van der Waals surface area (Å²) >= 11 is 0. The molecule has 0 aliphatic carbocycles. The largest absolute Gasteiger partial charge is 0.481 e. The minimum Gasteiger partial charge on any atom is -0.481 e. The zero-order valence-electron chi connectivity index (χ0n) is 12.0. The van der Waals surface area contributed by atoms with Gasteiger partial charge in [-0.05, 0) is 38.1 Å². The van der Waals surface area contributed by atoms with Crippen LogP contribution in [0.2, 0.25) is 0 Å². The molecule has 0 bridgehead atoms. The van der Waals surface area contributed by atoms with E-state index in [0.717, 1.165) is 31.6 Å². The predicted octanol–water partition coefficient (Wildman–Crippen LogP) is 0.959. The van der Waals surface area contributed by atoms with E-state index in [1.807, 2.05) is 18.3 Å². The van der Waals surface area contributed by atoms with E-state index in [0.29, 0.717) is 19.1 Å². The van der Waals surface area contributed by atoms with Crippen molar-refractivity contribution in [1.82, 2.24) is 14.8 Å². The number of likely N-dealkylation sites (tertiary alicyclic amines) is 1. The number of nitrogens with one attached hydrogen (secondary N) is 1. The van der Waals surface area contributed by atoms with Gasteiger partial charge in [-0.2, -0.15) is 0 Å². The van der Waals surface area contributed by atoms with Crippen LogP contribution in [0.5, 0.6) is 0 Å². The molecule has 2 saturated heterocycles. The summed E-state index contributed by atoms with van der Waals surface area (Å²) in [5, 5.41) is 12.1. The van der Waals surface area contributed by atoms with E-state index in [1.165, 1.54) is 0 Å². The Bertz CT molecular complexity index is 528. The highest BCUT2D eigenvalue weighted by atomic mass is 16.4. The lowest BCUT2D eigenvalue weighted by Gasteiger charge is -2.39. The van der Waals surface area contributed by atoms with E-state index in [4.69, 9.17) is 5.11 Å². The number of piperidine rings is 1. The van der Waals surface area contributed by atoms with E-state index in [2.05, 4.69) is 9.88 Å². The first-order valence-electron chi connectivity index (χ1n) is 7.54. The van der Waals surface area contributed by atoms with Crippen LogP contribution in [0.1, 0.15) is 35.8 Å². The first kappa shape index (κ1) is 14.1. The average molecular weight is 291 g/mol. The normalized spacial score (nSPS) is 20.3. The van der Waals surface area contributed by atoms with Gasteiger partial charge in [0.05, 0.1) is 6.42 Å². The molecule has 0 atom stereocenters. The van der Waals surface area contributed by atoms with Crippen molar-refractivity contribution >= 4 is 11.9 Å². The lowest BCUT2D eigenvalue weighted by molar-refractivity contribution is -0.139. The number of carbonyl (C=O) groups is 2. The Morgan fingerprint density at radius 3 is 2.67 bits per heavy atom. The Labute approximate surface area is 123 Å². The van der Waals surface area contributed by atoms with Crippen LogP contribution in [-0.2, 0) is 4.79 Å². The quantitative estimate of drug-likeness (QED) is 0.866. The van der Waals surface area contributed by atoms with Crippen LogP contribution in [0, 0.1) is 5.92 Å². The molecule has 2 fully saturated rings. The highest BCUT2D eigenvalue weighted by Gasteiger charge is 2.34. The molecule has 3 rings (SSSR count). The maximum atomic E-state index is 12.5. The Hall–Kier alpha value is -1.82. The Morgan fingerprint density at radius 1 is 1.29 bits per heavy atom. The fourth-order valence-electron chi connectivity index (χ4n) is 3.25.